The fourth-order valence-electron chi connectivity index (χ4n) is 1.62. The molecule has 1 aromatic carbocycles. The number of nitrogens with one attached hydrogen (secondary N) is 1. The third-order valence-corrected chi connectivity index (χ3v) is 3.87. The molecule has 0 amide bonds. The van der Waals surface area contributed by atoms with Crippen LogP contribution in [-0.2, 0) is 6.54 Å². The minimum absolute atomic E-state index is 0.661. The molecule has 0 unspecified atom stereocenters. The van der Waals surface area contributed by atoms with Crippen LogP contribution in [0.25, 0.3) is 11.4 Å². The van der Waals surface area contributed by atoms with Crippen molar-refractivity contribution in [1.82, 2.24) is 14.8 Å². The summed E-state index contributed by atoms with van der Waals surface area (Å²) in [6.45, 7) is 2.98. The summed E-state index contributed by atoms with van der Waals surface area (Å²) in [5.41, 5.74) is 1.03. The number of benzene rings is 1. The van der Waals surface area contributed by atoms with Crippen LogP contribution in [0.4, 0.5) is 0 Å². The van der Waals surface area contributed by atoms with E-state index in [9.17, 15) is 0 Å². The van der Waals surface area contributed by atoms with E-state index in [-0.39, 0.29) is 0 Å². The van der Waals surface area contributed by atoms with E-state index in [1.165, 1.54) is 0 Å². The van der Waals surface area contributed by atoms with Crippen molar-refractivity contribution in [3.63, 3.8) is 0 Å². The molecule has 0 aliphatic rings. The van der Waals surface area contributed by atoms with Gasteiger partial charge in [0.25, 0.3) is 0 Å². The molecule has 0 radical (unpaired) electrons. The lowest BCUT2D eigenvalue weighted by molar-refractivity contribution is 0.674. The monoisotopic (exact) mass is 375 g/mol. The molecular formula is C11H11Br2N3S. The van der Waals surface area contributed by atoms with Gasteiger partial charge in [0.15, 0.2) is 10.6 Å². The molecular weight excluding hydrogens is 366 g/mol. The van der Waals surface area contributed by atoms with E-state index < -0.39 is 0 Å². The largest absolute Gasteiger partial charge is 0.300 e. The van der Waals surface area contributed by atoms with Crippen LogP contribution in [0, 0.1) is 4.77 Å². The number of nitrogens with zero attached hydrogens (tertiary/aromatic N) is 2. The van der Waals surface area contributed by atoms with Gasteiger partial charge < -0.3 is 4.57 Å². The first-order valence-corrected chi connectivity index (χ1v) is 7.23. The van der Waals surface area contributed by atoms with E-state index in [0.717, 1.165) is 33.3 Å². The van der Waals surface area contributed by atoms with Crippen molar-refractivity contribution < 1.29 is 0 Å². The van der Waals surface area contributed by atoms with Gasteiger partial charge in [0.1, 0.15) is 0 Å². The number of rotatable bonds is 3. The van der Waals surface area contributed by atoms with Crippen LogP contribution in [0.1, 0.15) is 13.3 Å². The zero-order chi connectivity index (χ0) is 12.4. The van der Waals surface area contributed by atoms with Gasteiger partial charge in [0, 0.05) is 21.1 Å². The molecule has 1 heterocycles. The van der Waals surface area contributed by atoms with Gasteiger partial charge >= 0.3 is 0 Å². The molecule has 0 spiro atoms. The summed E-state index contributed by atoms with van der Waals surface area (Å²) in [7, 11) is 0. The fourth-order valence-corrected chi connectivity index (χ4v) is 2.63. The molecule has 90 valence electrons. The molecule has 0 aliphatic heterocycles. The summed E-state index contributed by atoms with van der Waals surface area (Å²) < 4.78 is 4.70. The van der Waals surface area contributed by atoms with Gasteiger partial charge in [-0.1, -0.05) is 38.8 Å². The molecule has 3 nitrogen and oxygen atoms in total. The van der Waals surface area contributed by atoms with Crippen molar-refractivity contribution in [2.45, 2.75) is 19.9 Å². The van der Waals surface area contributed by atoms with E-state index >= 15 is 0 Å². The van der Waals surface area contributed by atoms with Crippen LogP contribution in [0.3, 0.4) is 0 Å². The first kappa shape index (κ1) is 13.0. The summed E-state index contributed by atoms with van der Waals surface area (Å²) in [5, 5.41) is 7.15. The minimum atomic E-state index is 0.661. The lowest BCUT2D eigenvalue weighted by Gasteiger charge is -2.07. The lowest BCUT2D eigenvalue weighted by Crippen LogP contribution is -2.00. The van der Waals surface area contributed by atoms with Gasteiger partial charge in [-0.2, -0.15) is 5.10 Å². The Hall–Kier alpha value is -0.460. The van der Waals surface area contributed by atoms with Gasteiger partial charge in [-0.15, -0.1) is 0 Å². The van der Waals surface area contributed by atoms with Crippen LogP contribution in [-0.4, -0.2) is 14.8 Å². The highest BCUT2D eigenvalue weighted by molar-refractivity contribution is 9.11. The predicted molar refractivity (Wildman–Crippen MR) is 78.5 cm³/mol. The Morgan fingerprint density at radius 2 is 2.18 bits per heavy atom. The highest BCUT2D eigenvalue weighted by Gasteiger charge is 2.11. The fraction of sp³-hybridized carbons (Fsp3) is 0.273. The van der Waals surface area contributed by atoms with Crippen LogP contribution < -0.4 is 0 Å². The van der Waals surface area contributed by atoms with Gasteiger partial charge in [0.2, 0.25) is 0 Å². The molecule has 2 rings (SSSR count). The molecule has 6 heteroatoms. The van der Waals surface area contributed by atoms with Crippen LogP contribution in [0.15, 0.2) is 27.1 Å². The van der Waals surface area contributed by atoms with Crippen molar-refractivity contribution in [3.05, 3.63) is 31.9 Å². The summed E-state index contributed by atoms with van der Waals surface area (Å²) in [4.78, 5) is 0. The molecule has 1 N–H and O–H groups in total. The zero-order valence-corrected chi connectivity index (χ0v) is 13.2. The van der Waals surface area contributed by atoms with Gasteiger partial charge in [-0.25, -0.2) is 0 Å². The second-order valence-corrected chi connectivity index (χ2v) is 5.78. The molecule has 0 bridgehead atoms. The number of hydrogen-bond acceptors (Lipinski definition) is 2. The van der Waals surface area contributed by atoms with E-state index in [2.05, 4.69) is 49.0 Å². The Bertz CT molecular complexity index is 589. The summed E-state index contributed by atoms with van der Waals surface area (Å²) >= 11 is 12.2. The molecule has 0 aliphatic carbocycles. The quantitative estimate of drug-likeness (QED) is 0.797. The van der Waals surface area contributed by atoms with E-state index in [1.54, 1.807) is 0 Å². The molecule has 1 aromatic heterocycles. The summed E-state index contributed by atoms with van der Waals surface area (Å²) in [6, 6.07) is 6.01. The Kier molecular flexibility index (Phi) is 4.17. The number of aromatic nitrogens is 3. The number of halogens is 2. The Labute approximate surface area is 122 Å². The molecule has 0 saturated heterocycles. The van der Waals surface area contributed by atoms with E-state index in [1.807, 2.05) is 22.8 Å². The third-order valence-electron chi connectivity index (χ3n) is 2.37. The SMILES string of the molecule is CCCn1c(-c2cc(Br)ccc2Br)n[nH]c1=S. The zero-order valence-electron chi connectivity index (χ0n) is 9.20. The van der Waals surface area contributed by atoms with Crippen molar-refractivity contribution in [2.24, 2.45) is 0 Å². The smallest absolute Gasteiger partial charge is 0.195 e. The maximum absolute atomic E-state index is 5.23. The maximum atomic E-state index is 5.23. The predicted octanol–water partition coefficient (Wildman–Crippen LogP) is 4.54. The van der Waals surface area contributed by atoms with Crippen molar-refractivity contribution in [2.75, 3.05) is 0 Å². The van der Waals surface area contributed by atoms with Crippen LogP contribution in [0.5, 0.6) is 0 Å². The minimum Gasteiger partial charge on any atom is -0.300 e. The van der Waals surface area contributed by atoms with Crippen LogP contribution >= 0.6 is 44.1 Å². The first-order valence-electron chi connectivity index (χ1n) is 5.24. The van der Waals surface area contributed by atoms with Gasteiger partial charge in [-0.3, -0.25) is 5.10 Å². The topological polar surface area (TPSA) is 33.6 Å². The maximum Gasteiger partial charge on any atom is 0.195 e. The number of hydrogen-bond donors (Lipinski definition) is 1. The van der Waals surface area contributed by atoms with Gasteiger partial charge in [0.05, 0.1) is 0 Å². The second-order valence-electron chi connectivity index (χ2n) is 3.63. The molecule has 0 saturated carbocycles. The normalized spacial score (nSPS) is 10.8. The standard InChI is InChI=1S/C11H11Br2N3S/c1-2-5-16-10(14-15-11(16)17)8-6-7(12)3-4-9(8)13/h3-4,6H,2,5H2,1H3,(H,15,17). The Morgan fingerprint density at radius 1 is 1.41 bits per heavy atom. The molecule has 2 aromatic rings. The molecule has 17 heavy (non-hydrogen) atoms. The average Bonchev–Trinajstić information content (AvgIpc) is 2.65. The van der Waals surface area contributed by atoms with Crippen molar-refractivity contribution >= 4 is 44.1 Å². The highest BCUT2D eigenvalue weighted by Crippen LogP contribution is 2.29. The van der Waals surface area contributed by atoms with Crippen molar-refractivity contribution in [3.8, 4) is 11.4 Å². The number of aromatic amines is 1. The Morgan fingerprint density at radius 3 is 2.88 bits per heavy atom. The number of H-pyrrole nitrogens is 1. The highest BCUT2D eigenvalue weighted by atomic mass is 79.9. The third kappa shape index (κ3) is 2.69. The summed E-state index contributed by atoms with van der Waals surface area (Å²) in [6.07, 6.45) is 1.02. The summed E-state index contributed by atoms with van der Waals surface area (Å²) in [5.74, 6) is 0.866. The average molecular weight is 377 g/mol. The lowest BCUT2D eigenvalue weighted by atomic mass is 10.2. The van der Waals surface area contributed by atoms with E-state index in [0.29, 0.717) is 4.77 Å². The molecule has 0 fully saturated rings. The van der Waals surface area contributed by atoms with Gasteiger partial charge in [-0.05, 0) is 36.8 Å². The Balaban J connectivity index is 2.60. The first-order chi connectivity index (χ1) is 8.13. The van der Waals surface area contributed by atoms with E-state index in [4.69, 9.17) is 12.2 Å². The molecule has 0 atom stereocenters. The van der Waals surface area contributed by atoms with Crippen LogP contribution in [0.2, 0.25) is 0 Å². The second kappa shape index (κ2) is 5.46. The van der Waals surface area contributed by atoms with Crippen molar-refractivity contribution in [1.29, 1.82) is 0 Å².